The Morgan fingerprint density at radius 2 is 1.87 bits per heavy atom. The van der Waals surface area contributed by atoms with Gasteiger partial charge in [0, 0.05) is 37.3 Å². The summed E-state index contributed by atoms with van der Waals surface area (Å²) in [6.45, 7) is 4.82. The zero-order valence-electron chi connectivity index (χ0n) is 16.7. The average molecular weight is 516 g/mol. The molecule has 0 amide bonds. The minimum absolute atomic E-state index is 0.0734. The van der Waals surface area contributed by atoms with Crippen LogP contribution in [0.25, 0.3) is 21.1 Å². The highest BCUT2D eigenvalue weighted by Crippen LogP contribution is 2.38. The fourth-order valence-electron chi connectivity index (χ4n) is 2.62. The van der Waals surface area contributed by atoms with Crippen LogP contribution in [0.3, 0.4) is 0 Å². The molecule has 0 aliphatic carbocycles. The summed E-state index contributed by atoms with van der Waals surface area (Å²) in [4.78, 5) is 0. The van der Waals surface area contributed by atoms with Crippen LogP contribution >= 0.6 is 38.9 Å². The van der Waals surface area contributed by atoms with Crippen LogP contribution in [0.2, 0.25) is 5.02 Å². The van der Waals surface area contributed by atoms with Gasteiger partial charge in [-0.15, -0.1) is 10.2 Å². The Morgan fingerprint density at radius 3 is 2.57 bits per heavy atom. The highest BCUT2D eigenvalue weighted by molar-refractivity contribution is 9.10. The number of aromatic nitrogens is 2. The highest BCUT2D eigenvalue weighted by Gasteiger charge is 2.17. The van der Waals surface area contributed by atoms with Crippen molar-refractivity contribution in [3.63, 3.8) is 0 Å². The minimum atomic E-state index is -0.499. The van der Waals surface area contributed by atoms with Crippen molar-refractivity contribution < 1.29 is 18.6 Å². The Bertz CT molecular complexity index is 1020. The van der Waals surface area contributed by atoms with E-state index in [-0.39, 0.29) is 11.9 Å². The number of halogens is 3. The molecule has 5 nitrogen and oxygen atoms in total. The van der Waals surface area contributed by atoms with Crippen LogP contribution in [-0.4, -0.2) is 36.6 Å². The van der Waals surface area contributed by atoms with Crippen LogP contribution in [0, 0.1) is 5.82 Å². The van der Waals surface area contributed by atoms with Crippen molar-refractivity contribution in [3.05, 3.63) is 45.6 Å². The second-order valence-electron chi connectivity index (χ2n) is 6.68. The SMILES string of the molecule is COCCCOc1cc(Cl)c(-c2nnc(-c3ccc(OC(C)C)c(Br)c3)s2)cc1F. The quantitative estimate of drug-likeness (QED) is 0.299. The first-order chi connectivity index (χ1) is 14.4. The van der Waals surface area contributed by atoms with Crippen LogP contribution in [-0.2, 0) is 4.74 Å². The van der Waals surface area contributed by atoms with Crippen molar-refractivity contribution in [2.75, 3.05) is 20.3 Å². The summed E-state index contributed by atoms with van der Waals surface area (Å²) >= 11 is 11.2. The van der Waals surface area contributed by atoms with Gasteiger partial charge in [0.2, 0.25) is 0 Å². The van der Waals surface area contributed by atoms with Crippen molar-refractivity contribution in [3.8, 4) is 32.6 Å². The number of ether oxygens (including phenoxy) is 3. The van der Waals surface area contributed by atoms with Crippen LogP contribution < -0.4 is 9.47 Å². The number of hydrogen-bond acceptors (Lipinski definition) is 6. The standard InChI is InChI=1S/C21H21BrClFN2O3S/c1-12(2)29-18-6-5-13(9-15(18)22)20-25-26-21(30-20)14-10-17(24)19(11-16(14)23)28-8-4-7-27-3/h5-6,9-12H,4,7-8H2,1-3H3. The Morgan fingerprint density at radius 1 is 1.10 bits per heavy atom. The average Bonchev–Trinajstić information content (AvgIpc) is 3.18. The van der Waals surface area contributed by atoms with E-state index in [0.717, 1.165) is 15.8 Å². The van der Waals surface area contributed by atoms with Gasteiger partial charge in [0.25, 0.3) is 0 Å². The van der Waals surface area contributed by atoms with Gasteiger partial charge in [-0.1, -0.05) is 22.9 Å². The van der Waals surface area contributed by atoms with Crippen LogP contribution in [0.5, 0.6) is 11.5 Å². The van der Waals surface area contributed by atoms with Crippen LogP contribution in [0.1, 0.15) is 20.3 Å². The largest absolute Gasteiger partial charge is 0.490 e. The van der Waals surface area contributed by atoms with Crippen LogP contribution in [0.4, 0.5) is 4.39 Å². The normalized spacial score (nSPS) is 11.2. The molecule has 3 aromatic rings. The highest BCUT2D eigenvalue weighted by atomic mass is 79.9. The summed E-state index contributed by atoms with van der Waals surface area (Å²) in [6, 6.07) is 8.50. The lowest BCUT2D eigenvalue weighted by Gasteiger charge is -2.11. The molecule has 9 heteroatoms. The molecule has 0 spiro atoms. The van der Waals surface area contributed by atoms with E-state index in [0.29, 0.717) is 40.2 Å². The first-order valence-electron chi connectivity index (χ1n) is 9.30. The van der Waals surface area contributed by atoms with Crippen molar-refractivity contribution in [2.24, 2.45) is 0 Å². The molecule has 0 radical (unpaired) electrons. The lowest BCUT2D eigenvalue weighted by molar-refractivity contribution is 0.170. The van der Waals surface area contributed by atoms with E-state index in [9.17, 15) is 4.39 Å². The summed E-state index contributed by atoms with van der Waals surface area (Å²) in [5.74, 6) is 0.362. The van der Waals surface area contributed by atoms with Gasteiger partial charge < -0.3 is 14.2 Å². The summed E-state index contributed by atoms with van der Waals surface area (Å²) in [5, 5.41) is 10.0. The summed E-state index contributed by atoms with van der Waals surface area (Å²) in [5.41, 5.74) is 1.34. The number of hydrogen-bond donors (Lipinski definition) is 0. The molecular weight excluding hydrogens is 495 g/mol. The molecule has 160 valence electrons. The monoisotopic (exact) mass is 514 g/mol. The molecule has 0 fully saturated rings. The molecule has 0 aliphatic rings. The number of methoxy groups -OCH3 is 1. The maximum Gasteiger partial charge on any atom is 0.165 e. The van der Waals surface area contributed by atoms with Gasteiger partial charge in [-0.05, 0) is 54.0 Å². The topological polar surface area (TPSA) is 53.5 Å². The molecule has 1 heterocycles. The fourth-order valence-corrected chi connectivity index (χ4v) is 4.26. The van der Waals surface area contributed by atoms with Gasteiger partial charge in [-0.25, -0.2) is 4.39 Å². The molecule has 0 atom stereocenters. The maximum absolute atomic E-state index is 14.5. The first kappa shape index (κ1) is 22.9. The lowest BCUT2D eigenvalue weighted by Crippen LogP contribution is -2.05. The predicted molar refractivity (Wildman–Crippen MR) is 121 cm³/mol. The summed E-state index contributed by atoms with van der Waals surface area (Å²) in [6.07, 6.45) is 0.732. The molecule has 30 heavy (non-hydrogen) atoms. The molecule has 0 saturated heterocycles. The van der Waals surface area contributed by atoms with Gasteiger partial charge in [0.1, 0.15) is 15.8 Å². The van der Waals surface area contributed by atoms with Crippen molar-refractivity contribution >= 4 is 38.9 Å². The van der Waals surface area contributed by atoms with Crippen molar-refractivity contribution in [2.45, 2.75) is 26.4 Å². The third kappa shape index (κ3) is 5.69. The zero-order chi connectivity index (χ0) is 21.7. The van der Waals surface area contributed by atoms with Gasteiger partial charge >= 0.3 is 0 Å². The molecule has 0 unspecified atom stereocenters. The maximum atomic E-state index is 14.5. The van der Waals surface area contributed by atoms with Crippen molar-refractivity contribution in [1.29, 1.82) is 0 Å². The molecule has 0 aliphatic heterocycles. The number of nitrogens with zero attached hydrogens (tertiary/aromatic N) is 2. The van der Waals surface area contributed by atoms with Crippen molar-refractivity contribution in [1.82, 2.24) is 10.2 Å². The van der Waals surface area contributed by atoms with E-state index in [2.05, 4.69) is 26.1 Å². The molecule has 1 aromatic heterocycles. The van der Waals surface area contributed by atoms with Gasteiger partial charge in [0.15, 0.2) is 11.6 Å². The van der Waals surface area contributed by atoms with Gasteiger partial charge in [-0.2, -0.15) is 0 Å². The van der Waals surface area contributed by atoms with E-state index < -0.39 is 5.82 Å². The van der Waals surface area contributed by atoms with E-state index in [1.54, 1.807) is 7.11 Å². The van der Waals surface area contributed by atoms with E-state index in [1.165, 1.54) is 23.5 Å². The second-order valence-corrected chi connectivity index (χ2v) is 8.92. The fraction of sp³-hybridized carbons (Fsp3) is 0.333. The second kappa shape index (κ2) is 10.5. The third-order valence-corrected chi connectivity index (χ3v) is 5.91. The third-order valence-electron chi connectivity index (χ3n) is 3.97. The molecule has 3 rings (SSSR count). The zero-order valence-corrected chi connectivity index (χ0v) is 19.9. The Kier molecular flexibility index (Phi) is 8.05. The lowest BCUT2D eigenvalue weighted by atomic mass is 10.2. The Balaban J connectivity index is 1.80. The van der Waals surface area contributed by atoms with Gasteiger partial charge in [-0.3, -0.25) is 0 Å². The molecule has 0 saturated carbocycles. The number of benzene rings is 2. The predicted octanol–water partition coefficient (Wildman–Crippen LogP) is 6.63. The van der Waals surface area contributed by atoms with E-state index in [4.69, 9.17) is 25.8 Å². The number of rotatable bonds is 9. The first-order valence-corrected chi connectivity index (χ1v) is 11.3. The van der Waals surface area contributed by atoms with Crippen LogP contribution in [0.15, 0.2) is 34.8 Å². The molecule has 0 bridgehead atoms. The Hall–Kier alpha value is -1.74. The molecule has 2 aromatic carbocycles. The van der Waals surface area contributed by atoms with E-state index >= 15 is 0 Å². The smallest absolute Gasteiger partial charge is 0.165 e. The Labute approximate surface area is 192 Å². The summed E-state index contributed by atoms with van der Waals surface area (Å²) < 4.78 is 31.4. The van der Waals surface area contributed by atoms with E-state index in [1.807, 2.05) is 32.0 Å². The molecular formula is C21H21BrClFN2O3S. The van der Waals surface area contributed by atoms with Gasteiger partial charge in [0.05, 0.1) is 22.2 Å². The molecule has 0 N–H and O–H groups in total. The minimum Gasteiger partial charge on any atom is -0.490 e. The summed E-state index contributed by atoms with van der Waals surface area (Å²) in [7, 11) is 1.61.